The van der Waals surface area contributed by atoms with Gasteiger partial charge in [0.2, 0.25) is 5.91 Å². The fourth-order valence-corrected chi connectivity index (χ4v) is 2.57. The molecule has 0 spiro atoms. The Morgan fingerprint density at radius 2 is 2.06 bits per heavy atom. The molecule has 0 aliphatic carbocycles. The van der Waals surface area contributed by atoms with Gasteiger partial charge in [-0.2, -0.15) is 0 Å². The van der Waals surface area contributed by atoms with E-state index in [9.17, 15) is 4.79 Å². The third-order valence-corrected chi connectivity index (χ3v) is 3.36. The summed E-state index contributed by atoms with van der Waals surface area (Å²) in [5.74, 6) is 0.918. The summed E-state index contributed by atoms with van der Waals surface area (Å²) in [6, 6.07) is 0.508. The third kappa shape index (κ3) is 4.12. The van der Waals surface area contributed by atoms with Crippen LogP contribution in [0.3, 0.4) is 0 Å². The van der Waals surface area contributed by atoms with Gasteiger partial charge in [0.15, 0.2) is 0 Å². The largest absolute Gasteiger partial charge is 0.341 e. The number of carbonyl (C=O) groups excluding carboxylic acids is 1. The molecule has 1 heterocycles. The summed E-state index contributed by atoms with van der Waals surface area (Å²) in [4.78, 5) is 13.5. The van der Waals surface area contributed by atoms with Crippen LogP contribution in [0.5, 0.6) is 0 Å². The highest BCUT2D eigenvalue weighted by molar-refractivity contribution is 5.73. The smallest absolute Gasteiger partial charge is 0.219 e. The normalized spacial score (nSPS) is 25.8. The Kier molecular flexibility index (Phi) is 5.81. The fourth-order valence-electron chi connectivity index (χ4n) is 2.57. The summed E-state index contributed by atoms with van der Waals surface area (Å²) in [5.41, 5.74) is 0. The first kappa shape index (κ1) is 13.5. The van der Waals surface area contributed by atoms with Gasteiger partial charge >= 0.3 is 0 Å². The summed E-state index contributed by atoms with van der Waals surface area (Å²) in [6.07, 6.45) is 4.86. The monoisotopic (exact) mass is 226 g/mol. The maximum Gasteiger partial charge on any atom is 0.219 e. The SMILES string of the molecule is CCCNC1CC(CCC)CN(C(C)=O)C1. The zero-order valence-corrected chi connectivity index (χ0v) is 11.0. The number of rotatable bonds is 5. The number of hydrogen-bond donors (Lipinski definition) is 1. The minimum Gasteiger partial charge on any atom is -0.341 e. The van der Waals surface area contributed by atoms with Crippen LogP contribution in [0.2, 0.25) is 0 Å². The van der Waals surface area contributed by atoms with Gasteiger partial charge in [-0.15, -0.1) is 0 Å². The Morgan fingerprint density at radius 1 is 1.31 bits per heavy atom. The second kappa shape index (κ2) is 6.89. The summed E-state index contributed by atoms with van der Waals surface area (Å²) < 4.78 is 0. The molecule has 3 nitrogen and oxygen atoms in total. The first-order valence-electron chi connectivity index (χ1n) is 6.66. The predicted octanol–water partition coefficient (Wildman–Crippen LogP) is 2.02. The number of carbonyl (C=O) groups is 1. The van der Waals surface area contributed by atoms with Gasteiger partial charge in [0.05, 0.1) is 0 Å². The Labute approximate surface area is 99.6 Å². The quantitative estimate of drug-likeness (QED) is 0.778. The van der Waals surface area contributed by atoms with E-state index in [1.54, 1.807) is 6.92 Å². The molecular formula is C13H26N2O. The van der Waals surface area contributed by atoms with E-state index in [0.717, 1.165) is 26.1 Å². The third-order valence-electron chi connectivity index (χ3n) is 3.36. The van der Waals surface area contributed by atoms with E-state index in [1.165, 1.54) is 19.3 Å². The van der Waals surface area contributed by atoms with Gasteiger partial charge in [-0.25, -0.2) is 0 Å². The molecule has 0 aromatic rings. The molecule has 0 saturated carbocycles. The highest BCUT2D eigenvalue weighted by Gasteiger charge is 2.27. The molecular weight excluding hydrogens is 200 g/mol. The van der Waals surface area contributed by atoms with Crippen LogP contribution in [-0.4, -0.2) is 36.5 Å². The molecule has 16 heavy (non-hydrogen) atoms. The van der Waals surface area contributed by atoms with Crippen molar-refractivity contribution in [2.45, 2.75) is 52.5 Å². The Morgan fingerprint density at radius 3 is 2.62 bits per heavy atom. The lowest BCUT2D eigenvalue weighted by atomic mass is 9.90. The van der Waals surface area contributed by atoms with Crippen LogP contribution in [-0.2, 0) is 4.79 Å². The topological polar surface area (TPSA) is 32.3 Å². The van der Waals surface area contributed by atoms with E-state index >= 15 is 0 Å². The van der Waals surface area contributed by atoms with E-state index in [-0.39, 0.29) is 5.91 Å². The lowest BCUT2D eigenvalue weighted by Gasteiger charge is -2.37. The highest BCUT2D eigenvalue weighted by atomic mass is 16.2. The number of nitrogens with one attached hydrogen (secondary N) is 1. The van der Waals surface area contributed by atoms with E-state index in [2.05, 4.69) is 19.2 Å². The average Bonchev–Trinajstić information content (AvgIpc) is 2.26. The Balaban J connectivity index is 2.48. The molecule has 0 radical (unpaired) electrons. The molecule has 2 unspecified atom stereocenters. The molecule has 1 aliphatic heterocycles. The molecule has 1 N–H and O–H groups in total. The van der Waals surface area contributed by atoms with Crippen molar-refractivity contribution >= 4 is 5.91 Å². The molecule has 1 amide bonds. The van der Waals surface area contributed by atoms with Crippen LogP contribution >= 0.6 is 0 Å². The second-order valence-corrected chi connectivity index (χ2v) is 4.97. The molecule has 1 rings (SSSR count). The Bertz CT molecular complexity index is 218. The summed E-state index contributed by atoms with van der Waals surface area (Å²) in [6.45, 7) is 9.02. The predicted molar refractivity (Wildman–Crippen MR) is 67.4 cm³/mol. The van der Waals surface area contributed by atoms with Crippen molar-refractivity contribution in [3.63, 3.8) is 0 Å². The first-order valence-corrected chi connectivity index (χ1v) is 6.66. The van der Waals surface area contributed by atoms with E-state index in [1.807, 2.05) is 4.90 Å². The molecule has 1 saturated heterocycles. The van der Waals surface area contributed by atoms with E-state index in [0.29, 0.717) is 12.0 Å². The van der Waals surface area contributed by atoms with E-state index < -0.39 is 0 Å². The Hall–Kier alpha value is -0.570. The number of piperidine rings is 1. The zero-order chi connectivity index (χ0) is 12.0. The summed E-state index contributed by atoms with van der Waals surface area (Å²) in [5, 5.41) is 3.55. The number of nitrogens with zero attached hydrogens (tertiary/aromatic N) is 1. The maximum absolute atomic E-state index is 11.5. The molecule has 0 aromatic carbocycles. The van der Waals surface area contributed by atoms with Gasteiger partial charge in [-0.3, -0.25) is 4.79 Å². The maximum atomic E-state index is 11.5. The van der Waals surface area contributed by atoms with Gasteiger partial charge < -0.3 is 10.2 Å². The lowest BCUT2D eigenvalue weighted by molar-refractivity contribution is -0.131. The summed E-state index contributed by atoms with van der Waals surface area (Å²) in [7, 11) is 0. The standard InChI is InChI=1S/C13H26N2O/c1-4-6-12-8-13(14-7-5-2)10-15(9-12)11(3)16/h12-14H,4-10H2,1-3H3. The second-order valence-electron chi connectivity index (χ2n) is 4.97. The molecule has 0 aromatic heterocycles. The molecule has 1 aliphatic rings. The highest BCUT2D eigenvalue weighted by Crippen LogP contribution is 2.21. The molecule has 1 fully saturated rings. The van der Waals surface area contributed by atoms with Crippen molar-refractivity contribution in [3.05, 3.63) is 0 Å². The zero-order valence-electron chi connectivity index (χ0n) is 11.0. The number of amides is 1. The van der Waals surface area contributed by atoms with Crippen LogP contribution in [0, 0.1) is 5.92 Å². The number of likely N-dealkylation sites (tertiary alicyclic amines) is 1. The minimum atomic E-state index is 0.226. The number of hydrogen-bond acceptors (Lipinski definition) is 2. The van der Waals surface area contributed by atoms with Crippen LogP contribution in [0.25, 0.3) is 0 Å². The van der Waals surface area contributed by atoms with Gasteiger partial charge in [0.1, 0.15) is 0 Å². The molecule has 94 valence electrons. The van der Waals surface area contributed by atoms with Crippen molar-refractivity contribution in [2.75, 3.05) is 19.6 Å². The first-order chi connectivity index (χ1) is 7.67. The van der Waals surface area contributed by atoms with Gasteiger partial charge in [0.25, 0.3) is 0 Å². The van der Waals surface area contributed by atoms with Gasteiger partial charge in [0, 0.05) is 26.1 Å². The lowest BCUT2D eigenvalue weighted by Crippen LogP contribution is -2.50. The van der Waals surface area contributed by atoms with Crippen LogP contribution in [0.15, 0.2) is 0 Å². The van der Waals surface area contributed by atoms with Crippen LogP contribution in [0.1, 0.15) is 46.5 Å². The van der Waals surface area contributed by atoms with Gasteiger partial charge in [-0.1, -0.05) is 20.3 Å². The average molecular weight is 226 g/mol. The van der Waals surface area contributed by atoms with Crippen molar-refractivity contribution in [2.24, 2.45) is 5.92 Å². The van der Waals surface area contributed by atoms with Crippen molar-refractivity contribution in [1.82, 2.24) is 10.2 Å². The van der Waals surface area contributed by atoms with E-state index in [4.69, 9.17) is 0 Å². The minimum absolute atomic E-state index is 0.226. The molecule has 2 atom stereocenters. The summed E-state index contributed by atoms with van der Waals surface area (Å²) >= 11 is 0. The van der Waals surface area contributed by atoms with Crippen LogP contribution in [0.4, 0.5) is 0 Å². The molecule has 0 bridgehead atoms. The molecule has 3 heteroatoms. The van der Waals surface area contributed by atoms with Crippen molar-refractivity contribution in [3.8, 4) is 0 Å². The van der Waals surface area contributed by atoms with Crippen molar-refractivity contribution in [1.29, 1.82) is 0 Å². The van der Waals surface area contributed by atoms with Crippen LogP contribution < -0.4 is 5.32 Å². The van der Waals surface area contributed by atoms with Crippen molar-refractivity contribution < 1.29 is 4.79 Å². The fraction of sp³-hybridized carbons (Fsp3) is 0.923. The van der Waals surface area contributed by atoms with Gasteiger partial charge in [-0.05, 0) is 31.7 Å².